The van der Waals surface area contributed by atoms with Crippen molar-refractivity contribution < 1.29 is 23.9 Å². The second-order valence-electron chi connectivity index (χ2n) is 9.89. The van der Waals surface area contributed by atoms with Crippen LogP contribution in [0, 0.1) is 28.6 Å². The standard InChI is InChI=1S/C23H32O5/c1-13(24)27-16-7-9-22(3)15(11-16)5-6-17-18(22)8-10-23(4)19(17)12-20(21(23)26)28-14(2)25/h5,16-20H,6-12H2,1-4H3/t16-,17+,18+,19+,20-,22-,23-/m1/s1. The summed E-state index contributed by atoms with van der Waals surface area (Å²) in [5.74, 6) is 0.861. The van der Waals surface area contributed by atoms with Crippen LogP contribution in [0.2, 0.25) is 0 Å². The summed E-state index contributed by atoms with van der Waals surface area (Å²) in [7, 11) is 0. The van der Waals surface area contributed by atoms with E-state index in [4.69, 9.17) is 9.47 Å². The highest BCUT2D eigenvalue weighted by molar-refractivity contribution is 5.92. The molecule has 0 bridgehead atoms. The normalized spacial score (nSPS) is 44.6. The predicted molar refractivity (Wildman–Crippen MR) is 103 cm³/mol. The number of ketones is 1. The van der Waals surface area contributed by atoms with Crippen LogP contribution in [0.25, 0.3) is 0 Å². The van der Waals surface area contributed by atoms with Crippen LogP contribution >= 0.6 is 0 Å². The van der Waals surface area contributed by atoms with Crippen LogP contribution in [0.3, 0.4) is 0 Å². The van der Waals surface area contributed by atoms with E-state index < -0.39 is 6.10 Å². The highest BCUT2D eigenvalue weighted by Gasteiger charge is 2.62. The molecule has 0 aromatic rings. The first-order valence-corrected chi connectivity index (χ1v) is 10.7. The summed E-state index contributed by atoms with van der Waals surface area (Å²) in [4.78, 5) is 35.9. The van der Waals surface area contributed by atoms with Gasteiger partial charge in [-0.1, -0.05) is 25.5 Å². The molecule has 0 unspecified atom stereocenters. The highest BCUT2D eigenvalue weighted by Crippen LogP contribution is 2.64. The maximum atomic E-state index is 13.0. The number of carbonyl (C=O) groups excluding carboxylic acids is 3. The smallest absolute Gasteiger partial charge is 0.303 e. The minimum Gasteiger partial charge on any atom is -0.462 e. The summed E-state index contributed by atoms with van der Waals surface area (Å²) in [6, 6.07) is 0. The molecule has 0 N–H and O–H groups in total. The van der Waals surface area contributed by atoms with Crippen molar-refractivity contribution in [3.63, 3.8) is 0 Å². The molecule has 7 atom stereocenters. The molecule has 4 aliphatic rings. The van der Waals surface area contributed by atoms with Gasteiger partial charge in [0.25, 0.3) is 0 Å². The number of hydrogen-bond acceptors (Lipinski definition) is 5. The second kappa shape index (κ2) is 6.70. The Labute approximate surface area is 167 Å². The molecule has 0 spiro atoms. The minimum atomic E-state index is -0.566. The van der Waals surface area contributed by atoms with E-state index in [1.807, 2.05) is 0 Å². The molecule has 0 saturated heterocycles. The van der Waals surface area contributed by atoms with Gasteiger partial charge in [0, 0.05) is 25.7 Å². The SMILES string of the molecule is CC(=O)O[C@@H]1CC[C@]2(C)C(=CC[C@@H]3[C@@H]4C[C@@H](OC(C)=O)C(=O)[C@]4(C)CC[C@@H]32)C1. The lowest BCUT2D eigenvalue weighted by Crippen LogP contribution is -2.50. The summed E-state index contributed by atoms with van der Waals surface area (Å²) in [6.45, 7) is 7.35. The molecule has 154 valence electrons. The molecule has 5 heteroatoms. The molecule has 0 aromatic carbocycles. The fraction of sp³-hybridized carbons (Fsp3) is 0.783. The van der Waals surface area contributed by atoms with Crippen LogP contribution in [-0.2, 0) is 23.9 Å². The number of fused-ring (bicyclic) bond motifs is 5. The lowest BCUT2D eigenvalue weighted by atomic mass is 9.48. The van der Waals surface area contributed by atoms with E-state index in [9.17, 15) is 14.4 Å². The van der Waals surface area contributed by atoms with Crippen molar-refractivity contribution in [1.29, 1.82) is 0 Å². The Balaban J connectivity index is 1.58. The third-order valence-electron chi connectivity index (χ3n) is 8.41. The van der Waals surface area contributed by atoms with Crippen molar-refractivity contribution in [1.82, 2.24) is 0 Å². The zero-order chi connectivity index (χ0) is 20.3. The maximum absolute atomic E-state index is 13.0. The molecule has 0 heterocycles. The van der Waals surface area contributed by atoms with Crippen molar-refractivity contribution in [3.8, 4) is 0 Å². The number of carbonyl (C=O) groups is 3. The topological polar surface area (TPSA) is 69.7 Å². The van der Waals surface area contributed by atoms with E-state index in [1.165, 1.54) is 19.4 Å². The van der Waals surface area contributed by atoms with Gasteiger partial charge in [-0.3, -0.25) is 14.4 Å². The van der Waals surface area contributed by atoms with Gasteiger partial charge >= 0.3 is 11.9 Å². The Morgan fingerprint density at radius 2 is 1.68 bits per heavy atom. The molecule has 0 amide bonds. The number of rotatable bonds is 2. The molecule has 3 saturated carbocycles. The van der Waals surface area contributed by atoms with Gasteiger partial charge in [-0.15, -0.1) is 0 Å². The third kappa shape index (κ3) is 2.93. The second-order valence-corrected chi connectivity index (χ2v) is 9.89. The minimum absolute atomic E-state index is 0.00337. The molecule has 3 fully saturated rings. The maximum Gasteiger partial charge on any atom is 0.303 e. The van der Waals surface area contributed by atoms with Crippen molar-refractivity contribution in [2.75, 3.05) is 0 Å². The van der Waals surface area contributed by atoms with E-state index in [0.717, 1.165) is 38.5 Å². The third-order valence-corrected chi connectivity index (χ3v) is 8.41. The van der Waals surface area contributed by atoms with Crippen LogP contribution in [0.4, 0.5) is 0 Å². The first kappa shape index (κ1) is 19.7. The van der Waals surface area contributed by atoms with Gasteiger partial charge in [0.15, 0.2) is 11.9 Å². The average Bonchev–Trinajstić information content (AvgIpc) is 2.86. The zero-order valence-electron chi connectivity index (χ0n) is 17.5. The zero-order valence-corrected chi connectivity index (χ0v) is 17.5. The van der Waals surface area contributed by atoms with Crippen LogP contribution in [0.5, 0.6) is 0 Å². The molecular formula is C23H32O5. The van der Waals surface area contributed by atoms with Crippen LogP contribution in [0.1, 0.15) is 72.6 Å². The quantitative estimate of drug-likeness (QED) is 0.528. The summed E-state index contributed by atoms with van der Waals surface area (Å²) >= 11 is 0. The highest BCUT2D eigenvalue weighted by atomic mass is 16.5. The summed E-state index contributed by atoms with van der Waals surface area (Å²) in [5.41, 5.74) is 1.21. The number of ether oxygens (including phenoxy) is 2. The largest absolute Gasteiger partial charge is 0.462 e. The first-order valence-electron chi connectivity index (χ1n) is 10.7. The van der Waals surface area contributed by atoms with Crippen molar-refractivity contribution >= 4 is 17.7 Å². The van der Waals surface area contributed by atoms with E-state index in [-0.39, 0.29) is 40.6 Å². The fourth-order valence-electron chi connectivity index (χ4n) is 7.03. The summed E-state index contributed by atoms with van der Waals surface area (Å²) in [5, 5.41) is 0. The van der Waals surface area contributed by atoms with Crippen molar-refractivity contribution in [3.05, 3.63) is 11.6 Å². The van der Waals surface area contributed by atoms with E-state index in [0.29, 0.717) is 18.3 Å². The van der Waals surface area contributed by atoms with Gasteiger partial charge in [0.05, 0.1) is 0 Å². The van der Waals surface area contributed by atoms with Gasteiger partial charge in [-0.2, -0.15) is 0 Å². The Morgan fingerprint density at radius 1 is 1.00 bits per heavy atom. The van der Waals surface area contributed by atoms with E-state index in [1.54, 1.807) is 0 Å². The van der Waals surface area contributed by atoms with Crippen LogP contribution in [-0.4, -0.2) is 29.9 Å². The van der Waals surface area contributed by atoms with Crippen LogP contribution in [0.15, 0.2) is 11.6 Å². The molecule has 0 radical (unpaired) electrons. The van der Waals surface area contributed by atoms with Crippen molar-refractivity contribution in [2.45, 2.75) is 84.8 Å². The number of allylic oxidation sites excluding steroid dienone is 1. The lowest BCUT2D eigenvalue weighted by molar-refractivity contribution is -0.153. The summed E-state index contributed by atoms with van der Waals surface area (Å²) in [6.07, 6.45) is 8.16. The number of hydrogen-bond donors (Lipinski definition) is 0. The van der Waals surface area contributed by atoms with Crippen LogP contribution < -0.4 is 0 Å². The molecular weight excluding hydrogens is 356 g/mol. The van der Waals surface area contributed by atoms with Gasteiger partial charge in [0.2, 0.25) is 0 Å². The van der Waals surface area contributed by atoms with Crippen molar-refractivity contribution in [2.24, 2.45) is 28.6 Å². The van der Waals surface area contributed by atoms with Gasteiger partial charge in [0.1, 0.15) is 6.10 Å². The van der Waals surface area contributed by atoms with E-state index in [2.05, 4.69) is 19.9 Å². The fourth-order valence-corrected chi connectivity index (χ4v) is 7.03. The van der Waals surface area contributed by atoms with Gasteiger partial charge < -0.3 is 9.47 Å². The molecule has 0 aromatic heterocycles. The van der Waals surface area contributed by atoms with Gasteiger partial charge in [-0.25, -0.2) is 0 Å². The molecule has 4 rings (SSSR count). The molecule has 5 nitrogen and oxygen atoms in total. The predicted octanol–water partition coefficient (Wildman–Crippen LogP) is 3.99. The first-order chi connectivity index (χ1) is 13.1. The van der Waals surface area contributed by atoms with E-state index >= 15 is 0 Å². The Kier molecular flexibility index (Phi) is 4.71. The summed E-state index contributed by atoms with van der Waals surface area (Å²) < 4.78 is 10.9. The number of Topliss-reactive ketones (excluding diaryl/α,β-unsaturated/α-hetero) is 1. The monoisotopic (exact) mass is 388 g/mol. The Bertz CT molecular complexity index is 739. The molecule has 0 aliphatic heterocycles. The van der Waals surface area contributed by atoms with Gasteiger partial charge in [-0.05, 0) is 61.7 Å². The Morgan fingerprint density at radius 3 is 2.36 bits per heavy atom. The lowest BCUT2D eigenvalue weighted by Gasteiger charge is -2.56. The number of esters is 2. The molecule has 28 heavy (non-hydrogen) atoms. The molecule has 4 aliphatic carbocycles. The Hall–Kier alpha value is -1.65. The average molecular weight is 389 g/mol.